The summed E-state index contributed by atoms with van der Waals surface area (Å²) < 4.78 is 15.5. The molecule has 1 aromatic rings. The molecule has 136 valence electrons. The monoisotopic (exact) mass is 367 g/mol. The second kappa shape index (κ2) is 8.43. The molecule has 6 nitrogen and oxygen atoms in total. The average molecular weight is 368 g/mol. The molecular weight excluding hydrogens is 346 g/mol. The first-order chi connectivity index (χ1) is 12.1. The first-order valence-corrected chi connectivity index (χ1v) is 9.07. The van der Waals surface area contributed by atoms with E-state index >= 15 is 0 Å². The summed E-state index contributed by atoms with van der Waals surface area (Å²) >= 11 is 6.05. The molecule has 0 spiro atoms. The minimum atomic E-state index is -0.618. The summed E-state index contributed by atoms with van der Waals surface area (Å²) in [6, 6.07) is 3.12. The molecule has 3 rings (SSSR count). The van der Waals surface area contributed by atoms with Crippen LogP contribution in [0.3, 0.4) is 0 Å². The van der Waals surface area contributed by atoms with Gasteiger partial charge in [0.1, 0.15) is 0 Å². The highest BCUT2D eigenvalue weighted by Crippen LogP contribution is 2.39. The van der Waals surface area contributed by atoms with E-state index in [-0.39, 0.29) is 35.9 Å². The Morgan fingerprint density at radius 1 is 1.12 bits per heavy atom. The van der Waals surface area contributed by atoms with Crippen molar-refractivity contribution in [3.05, 3.63) is 22.7 Å². The van der Waals surface area contributed by atoms with Crippen molar-refractivity contribution in [2.75, 3.05) is 13.4 Å². The summed E-state index contributed by atoms with van der Waals surface area (Å²) in [4.78, 5) is 24.2. The lowest BCUT2D eigenvalue weighted by Gasteiger charge is -2.20. The number of carbonyl (C=O) groups is 2. The van der Waals surface area contributed by atoms with Crippen molar-refractivity contribution < 1.29 is 23.8 Å². The lowest BCUT2D eigenvalue weighted by atomic mass is 9.97. The Labute approximate surface area is 151 Å². The van der Waals surface area contributed by atoms with Crippen LogP contribution in [-0.2, 0) is 9.53 Å². The van der Waals surface area contributed by atoms with E-state index in [4.69, 9.17) is 25.8 Å². The molecule has 1 amide bonds. The Morgan fingerprint density at radius 2 is 1.84 bits per heavy atom. The minimum Gasteiger partial charge on any atom is -0.454 e. The number of fused-ring (bicyclic) bond motifs is 1. The number of nitrogens with one attached hydrogen (secondary N) is 1. The first kappa shape index (κ1) is 17.9. The lowest BCUT2D eigenvalue weighted by molar-refractivity contribution is -0.125. The maximum atomic E-state index is 12.1. The number of halogens is 1. The normalized spacial score (nSPS) is 17.5. The van der Waals surface area contributed by atoms with Crippen molar-refractivity contribution in [1.29, 1.82) is 0 Å². The molecule has 1 aromatic carbocycles. The van der Waals surface area contributed by atoms with Crippen molar-refractivity contribution in [2.45, 2.75) is 51.0 Å². The van der Waals surface area contributed by atoms with Gasteiger partial charge in [-0.25, -0.2) is 4.79 Å². The highest BCUT2D eigenvalue weighted by molar-refractivity contribution is 6.32. The molecule has 0 unspecified atom stereocenters. The van der Waals surface area contributed by atoms with Crippen LogP contribution in [0.25, 0.3) is 0 Å². The Morgan fingerprint density at radius 3 is 2.60 bits per heavy atom. The second-order valence-corrected chi connectivity index (χ2v) is 6.78. The zero-order valence-electron chi connectivity index (χ0n) is 14.0. The van der Waals surface area contributed by atoms with Crippen LogP contribution in [0.4, 0.5) is 0 Å². The predicted molar refractivity (Wildman–Crippen MR) is 92.1 cm³/mol. The molecule has 7 heteroatoms. The third-order valence-electron chi connectivity index (χ3n) is 4.47. The predicted octanol–water partition coefficient (Wildman–Crippen LogP) is 3.45. The fourth-order valence-electron chi connectivity index (χ4n) is 3.17. The highest BCUT2D eigenvalue weighted by Gasteiger charge is 2.22. The van der Waals surface area contributed by atoms with E-state index < -0.39 is 5.97 Å². The molecule has 0 bridgehead atoms. The largest absolute Gasteiger partial charge is 0.454 e. The summed E-state index contributed by atoms with van der Waals surface area (Å²) in [5.41, 5.74) is 0.230. The molecule has 1 N–H and O–H groups in total. The van der Waals surface area contributed by atoms with Crippen LogP contribution in [0.1, 0.15) is 55.3 Å². The zero-order valence-corrected chi connectivity index (χ0v) is 14.8. The van der Waals surface area contributed by atoms with E-state index in [0.717, 1.165) is 25.7 Å². The number of hydrogen-bond acceptors (Lipinski definition) is 5. The van der Waals surface area contributed by atoms with Gasteiger partial charge in [-0.15, -0.1) is 0 Å². The van der Waals surface area contributed by atoms with Crippen LogP contribution in [0.15, 0.2) is 12.1 Å². The molecule has 0 saturated heterocycles. The molecule has 1 saturated carbocycles. The van der Waals surface area contributed by atoms with E-state index in [2.05, 4.69) is 5.32 Å². The van der Waals surface area contributed by atoms with Gasteiger partial charge in [-0.1, -0.05) is 43.7 Å². The van der Waals surface area contributed by atoms with Crippen molar-refractivity contribution in [1.82, 2.24) is 5.32 Å². The van der Waals surface area contributed by atoms with Gasteiger partial charge in [0.25, 0.3) is 5.91 Å². The van der Waals surface area contributed by atoms with Gasteiger partial charge >= 0.3 is 5.97 Å². The van der Waals surface area contributed by atoms with Crippen molar-refractivity contribution in [3.63, 3.8) is 0 Å². The summed E-state index contributed by atoms with van der Waals surface area (Å²) in [5, 5.41) is 3.24. The van der Waals surface area contributed by atoms with Gasteiger partial charge in [-0.05, 0) is 25.0 Å². The van der Waals surface area contributed by atoms with Gasteiger partial charge in [0.15, 0.2) is 18.1 Å². The zero-order chi connectivity index (χ0) is 17.6. The van der Waals surface area contributed by atoms with E-state index in [0.29, 0.717) is 11.5 Å². The van der Waals surface area contributed by atoms with Gasteiger partial charge < -0.3 is 19.5 Å². The molecule has 0 aromatic heterocycles. The Hall–Kier alpha value is -1.95. The van der Waals surface area contributed by atoms with Crippen LogP contribution in [0, 0.1) is 0 Å². The van der Waals surface area contributed by atoms with E-state index in [9.17, 15) is 9.59 Å². The SMILES string of the molecule is O=C(COC(=O)c1cc(Cl)c2c(c1)OCO2)NC1CCCCCCC1. The molecule has 0 radical (unpaired) electrons. The third-order valence-corrected chi connectivity index (χ3v) is 4.75. The number of rotatable bonds is 4. The molecular formula is C18H22ClNO5. The Kier molecular flexibility index (Phi) is 6.02. The molecule has 1 aliphatic heterocycles. The fraction of sp³-hybridized carbons (Fsp3) is 0.556. The molecule has 2 aliphatic rings. The number of esters is 1. The molecule has 1 heterocycles. The summed E-state index contributed by atoms with van der Waals surface area (Å²) in [5.74, 6) is -0.0718. The van der Waals surface area contributed by atoms with Crippen molar-refractivity contribution in [3.8, 4) is 11.5 Å². The standard InChI is InChI=1S/C18H22ClNO5/c19-14-8-12(9-15-17(14)25-11-24-15)18(22)23-10-16(21)20-13-6-4-2-1-3-5-7-13/h8-9,13H,1-7,10-11H2,(H,20,21). The minimum absolute atomic E-state index is 0.0668. The van der Waals surface area contributed by atoms with E-state index in [1.807, 2.05) is 0 Å². The van der Waals surface area contributed by atoms with Crippen LogP contribution in [-0.4, -0.2) is 31.3 Å². The topological polar surface area (TPSA) is 73.9 Å². The van der Waals surface area contributed by atoms with Gasteiger partial charge in [0, 0.05) is 6.04 Å². The number of hydrogen-bond donors (Lipinski definition) is 1. The van der Waals surface area contributed by atoms with Gasteiger partial charge in [0.05, 0.1) is 10.6 Å². The maximum absolute atomic E-state index is 12.1. The lowest BCUT2D eigenvalue weighted by Crippen LogP contribution is -2.38. The first-order valence-electron chi connectivity index (χ1n) is 8.69. The molecule has 1 fully saturated rings. The third kappa shape index (κ3) is 4.78. The average Bonchev–Trinajstić information content (AvgIpc) is 3.04. The number of benzene rings is 1. The Bertz CT molecular complexity index is 641. The maximum Gasteiger partial charge on any atom is 0.338 e. The van der Waals surface area contributed by atoms with Crippen molar-refractivity contribution >= 4 is 23.5 Å². The van der Waals surface area contributed by atoms with Gasteiger partial charge in [-0.2, -0.15) is 0 Å². The van der Waals surface area contributed by atoms with Crippen LogP contribution < -0.4 is 14.8 Å². The van der Waals surface area contributed by atoms with Gasteiger partial charge in [0.2, 0.25) is 6.79 Å². The fourth-order valence-corrected chi connectivity index (χ4v) is 3.43. The van der Waals surface area contributed by atoms with Crippen LogP contribution >= 0.6 is 11.6 Å². The van der Waals surface area contributed by atoms with E-state index in [1.54, 1.807) is 0 Å². The smallest absolute Gasteiger partial charge is 0.338 e. The quantitative estimate of drug-likeness (QED) is 0.825. The van der Waals surface area contributed by atoms with Crippen LogP contribution in [0.5, 0.6) is 11.5 Å². The summed E-state index contributed by atoms with van der Waals surface area (Å²) in [6.45, 7) is -0.237. The number of carbonyl (C=O) groups excluding carboxylic acids is 2. The molecule has 1 aliphatic carbocycles. The number of ether oxygens (including phenoxy) is 3. The molecule has 0 atom stereocenters. The molecule has 25 heavy (non-hydrogen) atoms. The summed E-state index contributed by atoms with van der Waals surface area (Å²) in [6.07, 6.45) is 7.92. The summed E-state index contributed by atoms with van der Waals surface area (Å²) in [7, 11) is 0. The van der Waals surface area contributed by atoms with Crippen molar-refractivity contribution in [2.24, 2.45) is 0 Å². The second-order valence-electron chi connectivity index (χ2n) is 6.38. The number of amides is 1. The van der Waals surface area contributed by atoms with E-state index in [1.165, 1.54) is 31.4 Å². The van der Waals surface area contributed by atoms with Crippen LogP contribution in [0.2, 0.25) is 5.02 Å². The van der Waals surface area contributed by atoms with Gasteiger partial charge in [-0.3, -0.25) is 4.79 Å². The highest BCUT2D eigenvalue weighted by atomic mass is 35.5. The Balaban J connectivity index is 1.50.